The Hall–Kier alpha value is -3.92. The molecule has 3 N–H and O–H groups in total. The highest BCUT2D eigenvalue weighted by Gasteiger charge is 2.44. The Balaban J connectivity index is 1.81. The van der Waals surface area contributed by atoms with E-state index < -0.39 is 48.2 Å². The fourth-order valence-electron chi connectivity index (χ4n) is 9.21. The number of ether oxygens (including phenoxy) is 2. The molecule has 354 valence electrons. The van der Waals surface area contributed by atoms with Gasteiger partial charge in [-0.25, -0.2) is 4.98 Å². The molecule has 63 heavy (non-hydrogen) atoms. The minimum Gasteiger partial charge on any atom is -0.379 e. The first kappa shape index (κ1) is 53.4. The fourth-order valence-corrected chi connectivity index (χ4v) is 9.90. The molecule has 1 saturated heterocycles. The smallest absolute Gasteiger partial charge is 0.245 e. The Kier molecular flexibility index (Phi) is 21.7. The molecule has 0 saturated carbocycles. The van der Waals surface area contributed by atoms with E-state index in [1.165, 1.54) is 16.2 Å². The predicted molar refractivity (Wildman–Crippen MR) is 250 cm³/mol. The number of aromatic nitrogens is 1. The van der Waals surface area contributed by atoms with Crippen LogP contribution in [0.25, 0.3) is 0 Å². The molecule has 0 unspecified atom stereocenters. The molecule has 1 aromatic heterocycles. The molecule has 2 aromatic rings. The second kappa shape index (κ2) is 25.5. The van der Waals surface area contributed by atoms with E-state index in [9.17, 15) is 24.0 Å². The summed E-state index contributed by atoms with van der Waals surface area (Å²) >= 11 is 1.50. The van der Waals surface area contributed by atoms with Crippen molar-refractivity contribution in [3.05, 3.63) is 52.5 Å². The number of carbonyl (C=O) groups excluding carboxylic acids is 5. The Morgan fingerprint density at radius 3 is 2.00 bits per heavy atom. The molecular formula is C48H79N7O7S. The van der Waals surface area contributed by atoms with E-state index >= 15 is 0 Å². The first-order valence-electron chi connectivity index (χ1n) is 23.0. The summed E-state index contributed by atoms with van der Waals surface area (Å²) in [6.07, 6.45) is 4.02. The van der Waals surface area contributed by atoms with Crippen LogP contribution in [-0.4, -0.2) is 134 Å². The van der Waals surface area contributed by atoms with Crippen LogP contribution in [0, 0.1) is 29.6 Å². The van der Waals surface area contributed by atoms with Gasteiger partial charge in [-0.3, -0.25) is 24.0 Å². The largest absolute Gasteiger partial charge is 0.379 e. The standard InChI is InChI=1S/C48H79N7O7S/c1-15-31(7)40(49-10)48(60)53(11)41(30(5)6)45(58)52-39(29(3)4)47(59)54(12)42(32(8)16-2)37(61-13)28-38(56)55-25-20-23-36(55)43(62-14)33(9)44(57)51-35(46-50-24-26-63-46)27-34-21-18-17-19-22-34/h17-19,21-22,24,26,29-33,35-37,39-43,49H,15-16,20,23,25,27-28H2,1-14H3,(H,51,57)(H,52,58)/t31-,32-,33+,35-,36-,37+,39-,40-,41-,42-,43+/m0/s1. The van der Waals surface area contributed by atoms with Crippen molar-refractivity contribution >= 4 is 40.9 Å². The topological polar surface area (TPSA) is 163 Å². The van der Waals surface area contributed by atoms with Crippen LogP contribution < -0.4 is 16.0 Å². The Morgan fingerprint density at radius 2 is 1.48 bits per heavy atom. The van der Waals surface area contributed by atoms with Gasteiger partial charge in [-0.15, -0.1) is 11.3 Å². The number of likely N-dealkylation sites (N-methyl/N-ethyl adjacent to an activating group) is 3. The molecule has 3 rings (SSSR count). The quantitative estimate of drug-likeness (QED) is 0.113. The predicted octanol–water partition coefficient (Wildman–Crippen LogP) is 5.72. The van der Waals surface area contributed by atoms with E-state index in [0.29, 0.717) is 25.8 Å². The summed E-state index contributed by atoms with van der Waals surface area (Å²) < 4.78 is 12.2. The number of nitrogens with one attached hydrogen (secondary N) is 3. The summed E-state index contributed by atoms with van der Waals surface area (Å²) in [5, 5.41) is 12.1. The minimum absolute atomic E-state index is 0.00365. The van der Waals surface area contributed by atoms with Gasteiger partial charge in [-0.05, 0) is 55.5 Å². The highest BCUT2D eigenvalue weighted by atomic mass is 32.1. The number of carbonyl (C=O) groups is 5. The van der Waals surface area contributed by atoms with Gasteiger partial charge in [0.1, 0.15) is 17.1 Å². The minimum atomic E-state index is -0.900. The van der Waals surface area contributed by atoms with Gasteiger partial charge in [0.2, 0.25) is 29.5 Å². The first-order chi connectivity index (χ1) is 29.9. The second-order valence-corrected chi connectivity index (χ2v) is 19.2. The molecule has 5 amide bonds. The summed E-state index contributed by atoms with van der Waals surface area (Å²) in [5.74, 6) is -2.30. The normalized spacial score (nSPS) is 19.0. The lowest BCUT2D eigenvalue weighted by molar-refractivity contribution is -0.149. The number of methoxy groups -OCH3 is 2. The molecule has 0 bridgehead atoms. The van der Waals surface area contributed by atoms with Crippen LogP contribution >= 0.6 is 11.3 Å². The number of benzene rings is 1. The first-order valence-corrected chi connectivity index (χ1v) is 23.9. The second-order valence-electron chi connectivity index (χ2n) is 18.2. The van der Waals surface area contributed by atoms with Gasteiger partial charge >= 0.3 is 0 Å². The maximum absolute atomic E-state index is 14.6. The van der Waals surface area contributed by atoms with E-state index in [1.54, 1.807) is 46.5 Å². The Morgan fingerprint density at radius 1 is 0.841 bits per heavy atom. The summed E-state index contributed by atoms with van der Waals surface area (Å²) in [6, 6.07) is 6.65. The molecule has 1 aliphatic rings. The summed E-state index contributed by atoms with van der Waals surface area (Å²) in [5.41, 5.74) is 1.08. The van der Waals surface area contributed by atoms with E-state index in [-0.39, 0.29) is 65.8 Å². The van der Waals surface area contributed by atoms with Crippen molar-refractivity contribution < 1.29 is 33.4 Å². The number of thiazole rings is 1. The molecule has 14 nitrogen and oxygen atoms in total. The maximum atomic E-state index is 14.6. The van der Waals surface area contributed by atoms with Gasteiger partial charge in [-0.1, -0.05) is 105 Å². The summed E-state index contributed by atoms with van der Waals surface area (Å²) in [6.45, 7) is 18.0. The zero-order valence-corrected chi connectivity index (χ0v) is 41.4. The van der Waals surface area contributed by atoms with E-state index in [1.807, 2.05) is 103 Å². The van der Waals surface area contributed by atoms with Gasteiger partial charge in [0.05, 0.1) is 48.7 Å². The van der Waals surface area contributed by atoms with Crippen molar-refractivity contribution in [2.45, 2.75) is 149 Å². The number of amides is 5. The van der Waals surface area contributed by atoms with Crippen molar-refractivity contribution in [1.29, 1.82) is 0 Å². The molecule has 0 spiro atoms. The average Bonchev–Trinajstić information content (AvgIpc) is 3.99. The third-order valence-corrected chi connectivity index (χ3v) is 14.2. The highest BCUT2D eigenvalue weighted by Crippen LogP contribution is 2.31. The third-order valence-electron chi connectivity index (χ3n) is 13.3. The third kappa shape index (κ3) is 13.8. The molecule has 1 fully saturated rings. The van der Waals surface area contributed by atoms with Crippen molar-refractivity contribution in [3.63, 3.8) is 0 Å². The molecule has 0 radical (unpaired) electrons. The van der Waals surface area contributed by atoms with Gasteiger partial charge in [0.25, 0.3) is 0 Å². The number of likely N-dealkylation sites (tertiary alicyclic amines) is 1. The Labute approximate surface area is 382 Å². The van der Waals surface area contributed by atoms with Crippen LogP contribution in [0.4, 0.5) is 0 Å². The molecule has 1 aromatic carbocycles. The molecule has 0 aliphatic carbocycles. The summed E-state index contributed by atoms with van der Waals surface area (Å²) in [4.78, 5) is 80.3. The molecule has 2 heterocycles. The molecule has 15 heteroatoms. The van der Waals surface area contributed by atoms with Gasteiger partial charge in [0.15, 0.2) is 0 Å². The van der Waals surface area contributed by atoms with Crippen LogP contribution in [0.15, 0.2) is 41.9 Å². The average molecular weight is 898 g/mol. The van der Waals surface area contributed by atoms with Crippen molar-refractivity contribution in [2.24, 2.45) is 29.6 Å². The van der Waals surface area contributed by atoms with Crippen LogP contribution in [0.1, 0.15) is 111 Å². The fraction of sp³-hybridized carbons (Fsp3) is 0.708. The van der Waals surface area contributed by atoms with E-state index in [0.717, 1.165) is 23.4 Å². The molecular weight excluding hydrogens is 819 g/mol. The van der Waals surface area contributed by atoms with Crippen molar-refractivity contribution in [3.8, 4) is 0 Å². The number of hydrogen-bond acceptors (Lipinski definition) is 10. The summed E-state index contributed by atoms with van der Waals surface area (Å²) in [7, 11) is 8.27. The molecule has 11 atom stereocenters. The van der Waals surface area contributed by atoms with E-state index in [4.69, 9.17) is 9.47 Å². The zero-order valence-electron chi connectivity index (χ0n) is 40.6. The number of hydrogen-bond donors (Lipinski definition) is 3. The van der Waals surface area contributed by atoms with E-state index in [2.05, 4.69) is 20.9 Å². The lowest BCUT2D eigenvalue weighted by atomic mass is 9.89. The van der Waals surface area contributed by atoms with Crippen LogP contribution in [0.3, 0.4) is 0 Å². The zero-order chi connectivity index (χ0) is 47.1. The Bertz CT molecular complexity index is 1730. The SMILES string of the molecule is CC[C@H](C)[C@@H]([C@@H](CC(=O)N1CCC[C@H]1[C@H](OC)[C@@H](C)C(=O)N[C@@H](Cc1ccccc1)c1nccs1)OC)N(C)C(=O)[C@@H](NC(=O)[C@H](C(C)C)N(C)C(=O)[C@@H](NC)[C@@H](C)CC)C(C)C. The lowest BCUT2D eigenvalue weighted by Gasteiger charge is -2.41. The van der Waals surface area contributed by atoms with Crippen LogP contribution in [0.2, 0.25) is 0 Å². The highest BCUT2D eigenvalue weighted by molar-refractivity contribution is 7.09. The number of rotatable bonds is 25. The lowest BCUT2D eigenvalue weighted by Crippen LogP contribution is -2.61. The van der Waals surface area contributed by atoms with Crippen molar-refractivity contribution in [2.75, 3.05) is 41.9 Å². The number of nitrogens with zero attached hydrogens (tertiary/aromatic N) is 4. The van der Waals surface area contributed by atoms with Gasteiger partial charge in [-0.2, -0.15) is 0 Å². The molecule has 1 aliphatic heterocycles. The van der Waals surface area contributed by atoms with Crippen LogP contribution in [0.5, 0.6) is 0 Å². The van der Waals surface area contributed by atoms with Crippen LogP contribution in [-0.2, 0) is 39.9 Å². The van der Waals surface area contributed by atoms with Gasteiger partial charge in [0, 0.05) is 46.4 Å². The van der Waals surface area contributed by atoms with Crippen molar-refractivity contribution in [1.82, 2.24) is 35.6 Å². The maximum Gasteiger partial charge on any atom is 0.245 e. The van der Waals surface area contributed by atoms with Gasteiger partial charge < -0.3 is 40.1 Å². The monoisotopic (exact) mass is 898 g/mol.